The normalized spacial score (nSPS) is 15.9. The zero-order valence-corrected chi connectivity index (χ0v) is 7.94. The standard InChI is InChI=1S/C4F9I/c5-1(2(6,7)8,3(9,10)11)4(12,13)14. The maximum atomic E-state index is 12.3. The van der Waals surface area contributed by atoms with Gasteiger partial charge >= 0.3 is 22.0 Å². The van der Waals surface area contributed by atoms with Gasteiger partial charge in [-0.15, -0.1) is 0 Å². The van der Waals surface area contributed by atoms with Crippen LogP contribution in [0.4, 0.5) is 39.5 Å². The maximum absolute atomic E-state index is 12.3. The van der Waals surface area contributed by atoms with Crippen LogP contribution in [0.5, 0.6) is 0 Å². The molecule has 86 valence electrons. The SMILES string of the molecule is FC(F)(F)C(F)(C(F)(F)F)C(F)(F)I. The minimum atomic E-state index is -6.73. The van der Waals surface area contributed by atoms with Crippen molar-refractivity contribution in [1.82, 2.24) is 0 Å². The molecule has 0 aliphatic carbocycles. The molecule has 0 aliphatic rings. The Morgan fingerprint density at radius 3 is 0.786 bits per heavy atom. The molecule has 0 nitrogen and oxygen atoms in total. The molecule has 0 bridgehead atoms. The van der Waals surface area contributed by atoms with Crippen LogP contribution in [-0.4, -0.2) is 22.0 Å². The van der Waals surface area contributed by atoms with Gasteiger partial charge in [-0.25, -0.2) is 4.39 Å². The summed E-state index contributed by atoms with van der Waals surface area (Å²) in [4.78, 5) is 0. The molecule has 0 aromatic carbocycles. The van der Waals surface area contributed by atoms with Gasteiger partial charge < -0.3 is 0 Å². The zero-order valence-electron chi connectivity index (χ0n) is 5.78. The number of alkyl halides is 10. The molecule has 0 N–H and O–H groups in total. The van der Waals surface area contributed by atoms with Crippen molar-refractivity contribution >= 4 is 22.6 Å². The highest BCUT2D eigenvalue weighted by molar-refractivity contribution is 14.1. The van der Waals surface area contributed by atoms with Crippen molar-refractivity contribution in [2.75, 3.05) is 0 Å². The van der Waals surface area contributed by atoms with E-state index in [2.05, 4.69) is 0 Å². The van der Waals surface area contributed by atoms with Gasteiger partial charge in [0.15, 0.2) is 0 Å². The number of halogens is 10. The van der Waals surface area contributed by atoms with Crippen molar-refractivity contribution in [1.29, 1.82) is 0 Å². The summed E-state index contributed by atoms with van der Waals surface area (Å²) >= 11 is -0.542. The van der Waals surface area contributed by atoms with Crippen molar-refractivity contribution in [3.8, 4) is 0 Å². The van der Waals surface area contributed by atoms with E-state index < -0.39 is 44.5 Å². The zero-order chi connectivity index (χ0) is 12.0. The van der Waals surface area contributed by atoms with E-state index in [1.54, 1.807) is 0 Å². The molecular formula is C4F9I. The Morgan fingerprint density at radius 1 is 0.571 bits per heavy atom. The van der Waals surface area contributed by atoms with Gasteiger partial charge in [0.2, 0.25) is 0 Å². The van der Waals surface area contributed by atoms with E-state index in [0.29, 0.717) is 0 Å². The van der Waals surface area contributed by atoms with Gasteiger partial charge in [0.25, 0.3) is 0 Å². The van der Waals surface area contributed by atoms with Crippen LogP contribution in [0.1, 0.15) is 0 Å². The Labute approximate surface area is 84.6 Å². The molecule has 0 amide bonds. The van der Waals surface area contributed by atoms with Gasteiger partial charge in [-0.05, 0) is 0 Å². The first-order valence-electron chi connectivity index (χ1n) is 2.64. The lowest BCUT2D eigenvalue weighted by molar-refractivity contribution is -0.374. The number of hydrogen-bond acceptors (Lipinski definition) is 0. The van der Waals surface area contributed by atoms with Crippen molar-refractivity contribution in [3.63, 3.8) is 0 Å². The second-order valence-corrected chi connectivity index (χ2v) is 3.51. The Kier molecular flexibility index (Phi) is 3.33. The average molecular weight is 346 g/mol. The summed E-state index contributed by atoms with van der Waals surface area (Å²) < 4.78 is 99.6. The third-order valence-corrected chi connectivity index (χ3v) is 1.92. The molecule has 0 fully saturated rings. The van der Waals surface area contributed by atoms with Gasteiger partial charge in [0.05, 0.1) is 0 Å². The van der Waals surface area contributed by atoms with E-state index >= 15 is 0 Å². The predicted octanol–water partition coefficient (Wildman–Crippen LogP) is 3.85. The first kappa shape index (κ1) is 14.1. The molecule has 0 aliphatic heterocycles. The lowest BCUT2D eigenvalue weighted by Gasteiger charge is -2.32. The van der Waals surface area contributed by atoms with Crippen LogP contribution in [-0.2, 0) is 0 Å². The predicted molar refractivity (Wildman–Crippen MR) is 34.9 cm³/mol. The molecule has 0 spiro atoms. The van der Waals surface area contributed by atoms with E-state index in [1.165, 1.54) is 0 Å². The molecule has 14 heavy (non-hydrogen) atoms. The first-order chi connectivity index (χ1) is 5.75. The molecule has 0 aromatic heterocycles. The molecule has 0 aromatic rings. The smallest absolute Gasteiger partial charge is 0.216 e. The van der Waals surface area contributed by atoms with E-state index in [9.17, 15) is 39.5 Å². The molecule has 0 saturated heterocycles. The largest absolute Gasteiger partial charge is 0.438 e. The third-order valence-electron chi connectivity index (χ3n) is 1.17. The van der Waals surface area contributed by atoms with Gasteiger partial charge in [0.1, 0.15) is 0 Å². The highest BCUT2D eigenvalue weighted by Crippen LogP contribution is 2.56. The summed E-state index contributed by atoms with van der Waals surface area (Å²) in [5, 5.41) is 0. The quantitative estimate of drug-likeness (QED) is 0.385. The minimum Gasteiger partial charge on any atom is -0.216 e. The van der Waals surface area contributed by atoms with Gasteiger partial charge in [-0.3, -0.25) is 0 Å². The van der Waals surface area contributed by atoms with Gasteiger partial charge in [-0.2, -0.15) is 35.1 Å². The molecule has 0 heterocycles. The molecule has 0 saturated carbocycles. The summed E-state index contributed by atoms with van der Waals surface area (Å²) in [6.07, 6.45) is -13.5. The lowest BCUT2D eigenvalue weighted by atomic mass is 10.1. The average Bonchev–Trinajstić information content (AvgIpc) is 1.77. The highest BCUT2D eigenvalue weighted by atomic mass is 127. The monoisotopic (exact) mass is 346 g/mol. The summed E-state index contributed by atoms with van der Waals surface area (Å²) in [5.41, 5.74) is -6.53. The van der Waals surface area contributed by atoms with Gasteiger partial charge in [-0.1, -0.05) is 0 Å². The molecule has 0 atom stereocenters. The summed E-state index contributed by atoms with van der Waals surface area (Å²) in [7, 11) is 0. The molecule has 10 heteroatoms. The summed E-state index contributed by atoms with van der Waals surface area (Å²) in [6.45, 7) is 0. The second-order valence-electron chi connectivity index (χ2n) is 2.15. The molecular weight excluding hydrogens is 346 g/mol. The lowest BCUT2D eigenvalue weighted by Crippen LogP contribution is -2.62. The van der Waals surface area contributed by atoms with Crippen molar-refractivity contribution < 1.29 is 39.5 Å². The van der Waals surface area contributed by atoms with Gasteiger partial charge in [0, 0.05) is 22.6 Å². The first-order valence-corrected chi connectivity index (χ1v) is 3.72. The summed E-state index contributed by atoms with van der Waals surface area (Å²) in [5.74, 6) is 0. The molecule has 0 unspecified atom stereocenters. The van der Waals surface area contributed by atoms with E-state index in [-0.39, 0.29) is 0 Å². The fourth-order valence-corrected chi connectivity index (χ4v) is 1.09. The Bertz CT molecular complexity index is 170. The topological polar surface area (TPSA) is 0 Å². The van der Waals surface area contributed by atoms with Crippen LogP contribution < -0.4 is 0 Å². The van der Waals surface area contributed by atoms with Crippen molar-refractivity contribution in [2.24, 2.45) is 0 Å². The van der Waals surface area contributed by atoms with Crippen molar-refractivity contribution in [3.05, 3.63) is 0 Å². The van der Waals surface area contributed by atoms with E-state index in [1.807, 2.05) is 0 Å². The fraction of sp³-hybridized carbons (Fsp3) is 1.00. The van der Waals surface area contributed by atoms with Crippen LogP contribution in [0.2, 0.25) is 0 Å². The molecule has 0 rings (SSSR count). The van der Waals surface area contributed by atoms with Crippen LogP contribution >= 0.6 is 22.6 Å². The summed E-state index contributed by atoms with van der Waals surface area (Å²) in [6, 6.07) is 0. The minimum absolute atomic E-state index is 0.542. The fourth-order valence-electron chi connectivity index (χ4n) is 0.482. The Balaban J connectivity index is 5.54. The molecule has 0 radical (unpaired) electrons. The van der Waals surface area contributed by atoms with Crippen LogP contribution in [0.25, 0.3) is 0 Å². The Morgan fingerprint density at radius 2 is 0.786 bits per heavy atom. The van der Waals surface area contributed by atoms with Crippen LogP contribution in [0, 0.1) is 0 Å². The highest BCUT2D eigenvalue weighted by Gasteiger charge is 2.83. The van der Waals surface area contributed by atoms with Crippen LogP contribution in [0.3, 0.4) is 0 Å². The maximum Gasteiger partial charge on any atom is 0.438 e. The Hall–Kier alpha value is 0.1000. The number of hydrogen-bond donors (Lipinski definition) is 0. The van der Waals surface area contributed by atoms with E-state index in [0.717, 1.165) is 0 Å². The third kappa shape index (κ3) is 2.03. The number of rotatable bonds is 1. The second kappa shape index (κ2) is 3.30. The van der Waals surface area contributed by atoms with Crippen molar-refractivity contribution in [2.45, 2.75) is 22.0 Å². The van der Waals surface area contributed by atoms with E-state index in [4.69, 9.17) is 0 Å². The van der Waals surface area contributed by atoms with Crippen LogP contribution in [0.15, 0.2) is 0 Å².